The van der Waals surface area contributed by atoms with Crippen molar-refractivity contribution >= 4 is 0 Å². The van der Waals surface area contributed by atoms with Gasteiger partial charge in [0.2, 0.25) is 0 Å². The highest BCUT2D eigenvalue weighted by atomic mass is 16.5. The van der Waals surface area contributed by atoms with Gasteiger partial charge in [-0.05, 0) is 38.5 Å². The van der Waals surface area contributed by atoms with Crippen molar-refractivity contribution in [2.75, 3.05) is 39.5 Å². The minimum absolute atomic E-state index is 0.275. The predicted octanol–water partition coefficient (Wildman–Crippen LogP) is 2.12. The second-order valence-electron chi connectivity index (χ2n) is 6.14. The lowest BCUT2D eigenvalue weighted by atomic mass is 9.76. The van der Waals surface area contributed by atoms with E-state index in [1.54, 1.807) is 0 Å². The first-order valence-electron chi connectivity index (χ1n) is 8.25. The summed E-state index contributed by atoms with van der Waals surface area (Å²) in [5.74, 6) is 1.40. The van der Waals surface area contributed by atoms with Crippen molar-refractivity contribution in [2.45, 2.75) is 52.6 Å². The number of hydrogen-bond acceptors (Lipinski definition) is 4. The summed E-state index contributed by atoms with van der Waals surface area (Å²) >= 11 is 0. The fraction of sp³-hybridized carbons (Fsp3) is 1.00. The smallest absolute Gasteiger partial charge is 0.0593 e. The molecule has 120 valence electrons. The molecule has 1 saturated carbocycles. The molecular formula is C16H34N2O2. The minimum atomic E-state index is 0.275. The molecule has 4 atom stereocenters. The van der Waals surface area contributed by atoms with E-state index < -0.39 is 0 Å². The molecule has 0 spiro atoms. The Morgan fingerprint density at radius 2 is 1.55 bits per heavy atom. The third-order valence-corrected chi connectivity index (χ3v) is 4.35. The van der Waals surface area contributed by atoms with Gasteiger partial charge in [-0.3, -0.25) is 4.90 Å². The second-order valence-corrected chi connectivity index (χ2v) is 6.14. The third-order valence-electron chi connectivity index (χ3n) is 4.35. The second kappa shape index (κ2) is 9.72. The van der Waals surface area contributed by atoms with E-state index >= 15 is 0 Å². The van der Waals surface area contributed by atoms with E-state index in [2.05, 4.69) is 18.7 Å². The van der Waals surface area contributed by atoms with Crippen LogP contribution in [0.15, 0.2) is 0 Å². The molecule has 1 fully saturated rings. The molecule has 0 aliphatic heterocycles. The highest BCUT2D eigenvalue weighted by Gasteiger charge is 2.35. The van der Waals surface area contributed by atoms with Crippen molar-refractivity contribution in [1.82, 2.24) is 4.90 Å². The molecular weight excluding hydrogens is 252 g/mol. The summed E-state index contributed by atoms with van der Waals surface area (Å²) in [6, 6.07) is 0.740. The van der Waals surface area contributed by atoms with Crippen molar-refractivity contribution in [3.8, 4) is 0 Å². The molecule has 0 aromatic carbocycles. The van der Waals surface area contributed by atoms with Crippen LogP contribution in [0.4, 0.5) is 0 Å². The molecule has 0 aromatic rings. The van der Waals surface area contributed by atoms with Gasteiger partial charge in [-0.1, -0.05) is 13.8 Å². The molecule has 0 bridgehead atoms. The molecule has 4 heteroatoms. The van der Waals surface area contributed by atoms with E-state index in [0.29, 0.717) is 12.0 Å². The van der Waals surface area contributed by atoms with Crippen LogP contribution in [0.25, 0.3) is 0 Å². The highest BCUT2D eigenvalue weighted by Crippen LogP contribution is 2.31. The van der Waals surface area contributed by atoms with Crippen LogP contribution in [-0.2, 0) is 9.47 Å². The van der Waals surface area contributed by atoms with Crippen molar-refractivity contribution in [3.05, 3.63) is 0 Å². The Morgan fingerprint density at radius 3 is 2.00 bits per heavy atom. The van der Waals surface area contributed by atoms with E-state index in [9.17, 15) is 0 Å². The standard InChI is InChI=1S/C16H34N2O2/c1-5-19-9-7-18(8-10-20-6-2)16-14(4)11-13(3)12-15(16)17/h13-16H,5-12,17H2,1-4H3. The summed E-state index contributed by atoms with van der Waals surface area (Å²) in [5, 5.41) is 0. The summed E-state index contributed by atoms with van der Waals surface area (Å²) in [4.78, 5) is 2.49. The number of hydrogen-bond donors (Lipinski definition) is 1. The number of nitrogens with zero attached hydrogens (tertiary/aromatic N) is 1. The van der Waals surface area contributed by atoms with Gasteiger partial charge in [-0.15, -0.1) is 0 Å². The molecule has 1 aliphatic rings. The first-order valence-corrected chi connectivity index (χ1v) is 8.25. The molecule has 1 rings (SSSR count). The molecule has 0 heterocycles. The lowest BCUT2D eigenvalue weighted by Gasteiger charge is -2.44. The van der Waals surface area contributed by atoms with E-state index in [0.717, 1.165) is 51.9 Å². The van der Waals surface area contributed by atoms with Gasteiger partial charge in [0.15, 0.2) is 0 Å². The maximum Gasteiger partial charge on any atom is 0.0593 e. The zero-order chi connectivity index (χ0) is 15.0. The maximum atomic E-state index is 6.45. The average molecular weight is 286 g/mol. The van der Waals surface area contributed by atoms with Crippen LogP contribution in [0.2, 0.25) is 0 Å². The van der Waals surface area contributed by atoms with Gasteiger partial charge in [0.25, 0.3) is 0 Å². The fourth-order valence-corrected chi connectivity index (χ4v) is 3.59. The Kier molecular flexibility index (Phi) is 8.69. The van der Waals surface area contributed by atoms with Crippen LogP contribution in [0.3, 0.4) is 0 Å². The molecule has 4 nitrogen and oxygen atoms in total. The Balaban J connectivity index is 2.58. The van der Waals surface area contributed by atoms with Gasteiger partial charge in [-0.2, -0.15) is 0 Å². The molecule has 2 N–H and O–H groups in total. The number of nitrogens with two attached hydrogens (primary N) is 1. The molecule has 1 aliphatic carbocycles. The van der Waals surface area contributed by atoms with Crippen molar-refractivity contribution < 1.29 is 9.47 Å². The van der Waals surface area contributed by atoms with Crippen LogP contribution in [0, 0.1) is 11.8 Å². The molecule has 20 heavy (non-hydrogen) atoms. The quantitative estimate of drug-likeness (QED) is 0.660. The van der Waals surface area contributed by atoms with Gasteiger partial charge < -0.3 is 15.2 Å². The fourth-order valence-electron chi connectivity index (χ4n) is 3.59. The predicted molar refractivity (Wildman–Crippen MR) is 83.9 cm³/mol. The first kappa shape index (κ1) is 17.9. The van der Waals surface area contributed by atoms with Gasteiger partial charge >= 0.3 is 0 Å². The topological polar surface area (TPSA) is 47.7 Å². The van der Waals surface area contributed by atoms with Gasteiger partial charge in [-0.25, -0.2) is 0 Å². The summed E-state index contributed by atoms with van der Waals surface area (Å²) in [6.07, 6.45) is 2.41. The van der Waals surface area contributed by atoms with E-state index in [-0.39, 0.29) is 6.04 Å². The minimum Gasteiger partial charge on any atom is -0.380 e. The molecule has 0 amide bonds. The molecule has 0 aromatic heterocycles. The van der Waals surface area contributed by atoms with Crippen LogP contribution < -0.4 is 5.73 Å². The Labute approximate surface area is 125 Å². The van der Waals surface area contributed by atoms with Crippen LogP contribution in [-0.4, -0.2) is 56.5 Å². The Bertz CT molecular complexity index is 229. The summed E-state index contributed by atoms with van der Waals surface area (Å²) in [6.45, 7) is 13.8. The van der Waals surface area contributed by atoms with E-state index in [4.69, 9.17) is 15.2 Å². The van der Waals surface area contributed by atoms with Crippen LogP contribution in [0.1, 0.15) is 40.5 Å². The summed E-state index contributed by atoms with van der Waals surface area (Å²) in [7, 11) is 0. The largest absolute Gasteiger partial charge is 0.380 e. The van der Waals surface area contributed by atoms with E-state index in [1.807, 2.05) is 13.8 Å². The zero-order valence-electron chi connectivity index (χ0n) is 13.8. The monoisotopic (exact) mass is 286 g/mol. The zero-order valence-corrected chi connectivity index (χ0v) is 13.8. The lowest BCUT2D eigenvalue weighted by molar-refractivity contribution is 0.0218. The third kappa shape index (κ3) is 5.68. The number of ether oxygens (including phenoxy) is 2. The summed E-state index contributed by atoms with van der Waals surface area (Å²) < 4.78 is 11.1. The van der Waals surface area contributed by atoms with Gasteiger partial charge in [0, 0.05) is 38.4 Å². The summed E-state index contributed by atoms with van der Waals surface area (Å²) in [5.41, 5.74) is 6.45. The Hall–Kier alpha value is -0.160. The van der Waals surface area contributed by atoms with Crippen molar-refractivity contribution in [1.29, 1.82) is 0 Å². The molecule has 0 saturated heterocycles. The van der Waals surface area contributed by atoms with Crippen molar-refractivity contribution in [3.63, 3.8) is 0 Å². The average Bonchev–Trinajstić information content (AvgIpc) is 2.37. The van der Waals surface area contributed by atoms with Crippen LogP contribution >= 0.6 is 0 Å². The number of rotatable bonds is 9. The highest BCUT2D eigenvalue weighted by molar-refractivity contribution is 4.92. The maximum absolute atomic E-state index is 6.45. The van der Waals surface area contributed by atoms with Crippen LogP contribution in [0.5, 0.6) is 0 Å². The first-order chi connectivity index (χ1) is 9.60. The van der Waals surface area contributed by atoms with Gasteiger partial charge in [0.05, 0.1) is 13.2 Å². The normalized spacial score (nSPS) is 30.9. The molecule has 0 radical (unpaired) electrons. The SMILES string of the molecule is CCOCCN(CCOCC)C1C(C)CC(C)CC1N. The lowest BCUT2D eigenvalue weighted by Crippen LogP contribution is -2.56. The Morgan fingerprint density at radius 1 is 1.00 bits per heavy atom. The molecule has 4 unspecified atom stereocenters. The van der Waals surface area contributed by atoms with E-state index in [1.165, 1.54) is 6.42 Å². The van der Waals surface area contributed by atoms with Gasteiger partial charge in [0.1, 0.15) is 0 Å². The van der Waals surface area contributed by atoms with Crippen molar-refractivity contribution in [2.24, 2.45) is 17.6 Å².